The van der Waals surface area contributed by atoms with Gasteiger partial charge in [-0.1, -0.05) is 62.2 Å². The van der Waals surface area contributed by atoms with Gasteiger partial charge < -0.3 is 4.74 Å². The molecule has 0 radical (unpaired) electrons. The fraction of sp³-hybridized carbons (Fsp3) is 0.316. The normalized spacial score (nSPS) is 11.9. The first-order valence-electron chi connectivity index (χ1n) is 7.57. The Labute approximate surface area is 126 Å². The van der Waals surface area contributed by atoms with Gasteiger partial charge >= 0.3 is 5.97 Å². The molecule has 1 atom stereocenters. The molecule has 0 aromatic heterocycles. The van der Waals surface area contributed by atoms with E-state index in [1.54, 1.807) is 0 Å². The van der Waals surface area contributed by atoms with Crippen LogP contribution in [0.4, 0.5) is 0 Å². The van der Waals surface area contributed by atoms with E-state index in [1.165, 1.54) is 0 Å². The van der Waals surface area contributed by atoms with Crippen LogP contribution in [0.25, 0.3) is 11.1 Å². The number of carbonyl (C=O) groups is 1. The highest BCUT2D eigenvalue weighted by Crippen LogP contribution is 2.19. The van der Waals surface area contributed by atoms with E-state index in [1.807, 2.05) is 49.4 Å². The zero-order chi connectivity index (χ0) is 15.1. The summed E-state index contributed by atoms with van der Waals surface area (Å²) in [6.07, 6.45) is 3.10. The molecule has 0 unspecified atom stereocenters. The van der Waals surface area contributed by atoms with Crippen LogP contribution >= 0.6 is 0 Å². The maximum absolute atomic E-state index is 12.0. The van der Waals surface area contributed by atoms with E-state index in [0.717, 1.165) is 30.4 Å². The van der Waals surface area contributed by atoms with E-state index in [0.29, 0.717) is 5.56 Å². The van der Waals surface area contributed by atoms with Crippen molar-refractivity contribution in [2.24, 2.45) is 0 Å². The quantitative estimate of drug-likeness (QED) is 0.690. The number of benzene rings is 2. The molecular weight excluding hydrogens is 260 g/mol. The van der Waals surface area contributed by atoms with E-state index in [2.05, 4.69) is 19.1 Å². The minimum absolute atomic E-state index is 0.0220. The van der Waals surface area contributed by atoms with Gasteiger partial charge in [-0.3, -0.25) is 0 Å². The molecule has 2 rings (SSSR count). The molecule has 2 heteroatoms. The molecule has 2 aromatic rings. The summed E-state index contributed by atoms with van der Waals surface area (Å²) < 4.78 is 5.45. The Morgan fingerprint density at radius 2 is 1.62 bits per heavy atom. The molecule has 0 bridgehead atoms. The van der Waals surface area contributed by atoms with Gasteiger partial charge in [0.15, 0.2) is 0 Å². The van der Waals surface area contributed by atoms with Gasteiger partial charge in [-0.2, -0.15) is 0 Å². The lowest BCUT2D eigenvalue weighted by Gasteiger charge is -2.12. The predicted molar refractivity (Wildman–Crippen MR) is 86.3 cm³/mol. The summed E-state index contributed by atoms with van der Waals surface area (Å²) in [5.41, 5.74) is 2.86. The predicted octanol–water partition coefficient (Wildman–Crippen LogP) is 5.09. The number of hydrogen-bond acceptors (Lipinski definition) is 2. The number of hydrogen-bond donors (Lipinski definition) is 0. The first-order chi connectivity index (χ1) is 10.2. The SMILES string of the molecule is CCCC[C@H](C)OC(=O)c1ccc(-c2ccccc2)cc1. The van der Waals surface area contributed by atoms with Crippen molar-refractivity contribution >= 4 is 5.97 Å². The average Bonchev–Trinajstić information content (AvgIpc) is 2.54. The fourth-order valence-corrected chi connectivity index (χ4v) is 2.23. The molecule has 2 aromatic carbocycles. The molecule has 0 aliphatic carbocycles. The molecule has 0 aliphatic rings. The third kappa shape index (κ3) is 4.45. The highest BCUT2D eigenvalue weighted by molar-refractivity contribution is 5.90. The summed E-state index contributed by atoms with van der Waals surface area (Å²) in [6.45, 7) is 4.09. The summed E-state index contributed by atoms with van der Waals surface area (Å²) >= 11 is 0. The minimum atomic E-state index is -0.238. The van der Waals surface area contributed by atoms with Crippen LogP contribution in [0.1, 0.15) is 43.5 Å². The summed E-state index contributed by atoms with van der Waals surface area (Å²) in [4.78, 5) is 12.0. The number of unbranched alkanes of at least 4 members (excludes halogenated alkanes) is 1. The summed E-state index contributed by atoms with van der Waals surface area (Å²) in [5.74, 6) is -0.238. The van der Waals surface area contributed by atoms with Gasteiger partial charge in [0, 0.05) is 0 Å². The van der Waals surface area contributed by atoms with Gasteiger partial charge in [0.1, 0.15) is 0 Å². The average molecular weight is 282 g/mol. The molecule has 0 spiro atoms. The van der Waals surface area contributed by atoms with E-state index < -0.39 is 0 Å². The van der Waals surface area contributed by atoms with Crippen LogP contribution < -0.4 is 0 Å². The molecule has 0 heterocycles. The number of ether oxygens (including phenoxy) is 1. The highest BCUT2D eigenvalue weighted by Gasteiger charge is 2.11. The molecule has 21 heavy (non-hydrogen) atoms. The Morgan fingerprint density at radius 1 is 1.00 bits per heavy atom. The van der Waals surface area contributed by atoms with Crippen molar-refractivity contribution in [3.8, 4) is 11.1 Å². The van der Waals surface area contributed by atoms with Crippen molar-refractivity contribution in [2.75, 3.05) is 0 Å². The lowest BCUT2D eigenvalue weighted by Crippen LogP contribution is -2.14. The van der Waals surface area contributed by atoms with Crippen molar-refractivity contribution in [3.05, 3.63) is 60.2 Å². The summed E-state index contributed by atoms with van der Waals surface area (Å²) in [5, 5.41) is 0. The first kappa shape index (κ1) is 15.3. The van der Waals surface area contributed by atoms with E-state index >= 15 is 0 Å². The van der Waals surface area contributed by atoms with Crippen molar-refractivity contribution in [1.29, 1.82) is 0 Å². The molecule has 2 nitrogen and oxygen atoms in total. The lowest BCUT2D eigenvalue weighted by atomic mass is 10.0. The third-order valence-electron chi connectivity index (χ3n) is 3.50. The van der Waals surface area contributed by atoms with Gasteiger partial charge in [-0.25, -0.2) is 4.79 Å². The molecule has 0 saturated carbocycles. The molecule has 0 aliphatic heterocycles. The van der Waals surface area contributed by atoms with Crippen LogP contribution in [0, 0.1) is 0 Å². The second kappa shape index (κ2) is 7.63. The molecule has 0 N–H and O–H groups in total. The van der Waals surface area contributed by atoms with Crippen LogP contribution in [0.5, 0.6) is 0 Å². The Balaban J connectivity index is 2.00. The zero-order valence-corrected chi connectivity index (χ0v) is 12.7. The summed E-state index contributed by atoms with van der Waals surface area (Å²) in [6, 6.07) is 17.7. The Bertz CT molecular complexity index is 558. The van der Waals surface area contributed by atoms with Crippen LogP contribution in [0.15, 0.2) is 54.6 Å². The van der Waals surface area contributed by atoms with Crippen LogP contribution in [-0.2, 0) is 4.74 Å². The topological polar surface area (TPSA) is 26.3 Å². The Hall–Kier alpha value is -2.09. The van der Waals surface area contributed by atoms with Gasteiger partial charge in [0.2, 0.25) is 0 Å². The largest absolute Gasteiger partial charge is 0.459 e. The molecule has 0 fully saturated rings. The van der Waals surface area contributed by atoms with E-state index in [9.17, 15) is 4.79 Å². The van der Waals surface area contributed by atoms with Gasteiger partial charge in [-0.05, 0) is 36.6 Å². The first-order valence-corrected chi connectivity index (χ1v) is 7.57. The van der Waals surface area contributed by atoms with Gasteiger partial charge in [0.25, 0.3) is 0 Å². The summed E-state index contributed by atoms with van der Waals surface area (Å²) in [7, 11) is 0. The van der Waals surface area contributed by atoms with Crippen molar-refractivity contribution in [1.82, 2.24) is 0 Å². The maximum Gasteiger partial charge on any atom is 0.338 e. The third-order valence-corrected chi connectivity index (χ3v) is 3.50. The number of carbonyl (C=O) groups excluding carboxylic acids is 1. The lowest BCUT2D eigenvalue weighted by molar-refractivity contribution is 0.0320. The van der Waals surface area contributed by atoms with E-state index in [-0.39, 0.29) is 12.1 Å². The van der Waals surface area contributed by atoms with Crippen LogP contribution in [0.2, 0.25) is 0 Å². The second-order valence-corrected chi connectivity index (χ2v) is 5.30. The highest BCUT2D eigenvalue weighted by atomic mass is 16.5. The van der Waals surface area contributed by atoms with E-state index in [4.69, 9.17) is 4.74 Å². The Morgan fingerprint density at radius 3 is 2.24 bits per heavy atom. The van der Waals surface area contributed by atoms with Crippen molar-refractivity contribution in [3.63, 3.8) is 0 Å². The van der Waals surface area contributed by atoms with Crippen molar-refractivity contribution in [2.45, 2.75) is 39.2 Å². The smallest absolute Gasteiger partial charge is 0.338 e. The molecular formula is C19H22O2. The van der Waals surface area contributed by atoms with Crippen molar-refractivity contribution < 1.29 is 9.53 Å². The number of esters is 1. The number of rotatable bonds is 6. The maximum atomic E-state index is 12.0. The van der Waals surface area contributed by atoms with Crippen LogP contribution in [-0.4, -0.2) is 12.1 Å². The second-order valence-electron chi connectivity index (χ2n) is 5.30. The Kier molecular flexibility index (Phi) is 5.56. The molecule has 0 saturated heterocycles. The monoisotopic (exact) mass is 282 g/mol. The van der Waals surface area contributed by atoms with Crippen LogP contribution in [0.3, 0.4) is 0 Å². The van der Waals surface area contributed by atoms with Gasteiger partial charge in [0.05, 0.1) is 11.7 Å². The van der Waals surface area contributed by atoms with Gasteiger partial charge in [-0.15, -0.1) is 0 Å². The molecule has 110 valence electrons. The fourth-order valence-electron chi connectivity index (χ4n) is 2.23. The minimum Gasteiger partial charge on any atom is -0.459 e. The zero-order valence-electron chi connectivity index (χ0n) is 12.7. The molecule has 0 amide bonds. The standard InChI is InChI=1S/C19H22O2/c1-3-4-8-15(2)21-19(20)18-13-11-17(12-14-18)16-9-6-5-7-10-16/h5-7,9-15H,3-4,8H2,1-2H3/t15-/m0/s1.